The van der Waals surface area contributed by atoms with Crippen molar-refractivity contribution >= 4 is 0 Å². The fraction of sp³-hybridized carbons (Fsp3) is 0.333. The summed E-state index contributed by atoms with van der Waals surface area (Å²) in [4.78, 5) is 4.13. The monoisotopic (exact) mass is 233 g/mol. The molecule has 0 saturated heterocycles. The van der Waals surface area contributed by atoms with Crippen molar-refractivity contribution in [1.82, 2.24) is 10.1 Å². The Bertz CT molecular complexity index is 497. The lowest BCUT2D eigenvalue weighted by molar-refractivity contribution is 0.0786. The predicted molar refractivity (Wildman–Crippen MR) is 62.9 cm³/mol. The highest BCUT2D eigenvalue weighted by molar-refractivity contribution is 5.54. The molecule has 5 nitrogen and oxygen atoms in total. The van der Waals surface area contributed by atoms with Crippen LogP contribution >= 0.6 is 0 Å². The van der Waals surface area contributed by atoms with Gasteiger partial charge in [0.15, 0.2) is 0 Å². The van der Waals surface area contributed by atoms with Crippen LogP contribution in [0.3, 0.4) is 0 Å². The molecule has 0 atom stereocenters. The van der Waals surface area contributed by atoms with Crippen molar-refractivity contribution < 1.29 is 9.63 Å². The molecular weight excluding hydrogens is 218 g/mol. The molecule has 0 unspecified atom stereocenters. The lowest BCUT2D eigenvalue weighted by Crippen LogP contribution is -2.14. The number of rotatable bonds is 3. The standard InChI is InChI=1S/C12H15N3O2/c1-12(2,16)9-5-3-8(4-6-9)11-14-10(7-13)17-15-11/h3-6,16H,7,13H2,1-2H3. The number of benzene rings is 1. The summed E-state index contributed by atoms with van der Waals surface area (Å²) in [7, 11) is 0. The molecule has 0 radical (unpaired) electrons. The third-order valence-electron chi connectivity index (χ3n) is 2.49. The van der Waals surface area contributed by atoms with E-state index in [-0.39, 0.29) is 6.54 Å². The van der Waals surface area contributed by atoms with Gasteiger partial charge in [0.05, 0.1) is 12.1 Å². The highest BCUT2D eigenvalue weighted by atomic mass is 16.5. The van der Waals surface area contributed by atoms with Crippen molar-refractivity contribution in [2.24, 2.45) is 5.73 Å². The van der Waals surface area contributed by atoms with Crippen molar-refractivity contribution in [3.63, 3.8) is 0 Å². The maximum Gasteiger partial charge on any atom is 0.240 e. The van der Waals surface area contributed by atoms with Gasteiger partial charge in [-0.3, -0.25) is 0 Å². The molecule has 0 aliphatic carbocycles. The number of hydrogen-bond donors (Lipinski definition) is 2. The second kappa shape index (κ2) is 4.27. The minimum atomic E-state index is -0.849. The molecule has 0 bridgehead atoms. The van der Waals surface area contributed by atoms with E-state index in [4.69, 9.17) is 10.3 Å². The summed E-state index contributed by atoms with van der Waals surface area (Å²) in [5, 5.41) is 13.6. The number of nitrogens with zero attached hydrogens (tertiary/aromatic N) is 2. The van der Waals surface area contributed by atoms with Crippen LogP contribution in [0.4, 0.5) is 0 Å². The summed E-state index contributed by atoms with van der Waals surface area (Å²) < 4.78 is 4.93. The average Bonchev–Trinajstić information content (AvgIpc) is 2.76. The van der Waals surface area contributed by atoms with Crippen LogP contribution in [-0.2, 0) is 12.1 Å². The smallest absolute Gasteiger partial charge is 0.240 e. The second-order valence-electron chi connectivity index (χ2n) is 4.35. The SMILES string of the molecule is CC(C)(O)c1ccc(-c2noc(CN)n2)cc1. The molecular formula is C12H15N3O2. The van der Waals surface area contributed by atoms with Gasteiger partial charge in [-0.05, 0) is 19.4 Å². The second-order valence-corrected chi connectivity index (χ2v) is 4.35. The van der Waals surface area contributed by atoms with Gasteiger partial charge in [-0.2, -0.15) is 4.98 Å². The van der Waals surface area contributed by atoms with Gasteiger partial charge in [0.1, 0.15) is 0 Å². The minimum Gasteiger partial charge on any atom is -0.386 e. The molecule has 1 heterocycles. The van der Waals surface area contributed by atoms with Crippen LogP contribution in [0.25, 0.3) is 11.4 Å². The molecule has 2 aromatic rings. The maximum atomic E-state index is 9.83. The van der Waals surface area contributed by atoms with Crippen LogP contribution in [0.1, 0.15) is 25.3 Å². The highest BCUT2D eigenvalue weighted by Gasteiger charge is 2.16. The van der Waals surface area contributed by atoms with Crippen LogP contribution in [0, 0.1) is 0 Å². The normalized spacial score (nSPS) is 11.8. The van der Waals surface area contributed by atoms with Crippen molar-refractivity contribution in [3.8, 4) is 11.4 Å². The first kappa shape index (κ1) is 11.8. The van der Waals surface area contributed by atoms with Crippen LogP contribution in [0.15, 0.2) is 28.8 Å². The quantitative estimate of drug-likeness (QED) is 0.837. The van der Waals surface area contributed by atoms with Crippen molar-refractivity contribution in [2.45, 2.75) is 26.0 Å². The van der Waals surface area contributed by atoms with E-state index in [1.165, 1.54) is 0 Å². The van der Waals surface area contributed by atoms with Gasteiger partial charge >= 0.3 is 0 Å². The number of aliphatic hydroxyl groups is 1. The van der Waals surface area contributed by atoms with Gasteiger partial charge in [-0.1, -0.05) is 29.4 Å². The molecule has 17 heavy (non-hydrogen) atoms. The Kier molecular flexibility index (Phi) is 2.95. The largest absolute Gasteiger partial charge is 0.386 e. The summed E-state index contributed by atoms with van der Waals surface area (Å²) in [6.07, 6.45) is 0. The molecule has 1 aromatic heterocycles. The van der Waals surface area contributed by atoms with Gasteiger partial charge in [-0.25, -0.2) is 0 Å². The molecule has 5 heteroatoms. The Labute approximate surface area is 99.3 Å². The summed E-state index contributed by atoms with van der Waals surface area (Å²) in [5.41, 5.74) is 6.22. The Morgan fingerprint density at radius 1 is 1.29 bits per heavy atom. The molecule has 90 valence electrons. The van der Waals surface area contributed by atoms with Crippen LogP contribution in [0.2, 0.25) is 0 Å². The van der Waals surface area contributed by atoms with E-state index in [0.29, 0.717) is 11.7 Å². The summed E-state index contributed by atoms with van der Waals surface area (Å²) >= 11 is 0. The van der Waals surface area contributed by atoms with E-state index >= 15 is 0 Å². The fourth-order valence-corrected chi connectivity index (χ4v) is 1.48. The zero-order chi connectivity index (χ0) is 12.5. The van der Waals surface area contributed by atoms with Crippen molar-refractivity contribution in [2.75, 3.05) is 0 Å². The van der Waals surface area contributed by atoms with E-state index in [9.17, 15) is 5.11 Å². The predicted octanol–water partition coefficient (Wildman–Crippen LogP) is 1.42. The lowest BCUT2D eigenvalue weighted by Gasteiger charge is -2.17. The third-order valence-corrected chi connectivity index (χ3v) is 2.49. The average molecular weight is 233 g/mol. The summed E-state index contributed by atoms with van der Waals surface area (Å²) in [5.74, 6) is 0.916. The van der Waals surface area contributed by atoms with Crippen molar-refractivity contribution in [1.29, 1.82) is 0 Å². The molecule has 3 N–H and O–H groups in total. The Morgan fingerprint density at radius 2 is 1.94 bits per heavy atom. The Morgan fingerprint density at radius 3 is 2.41 bits per heavy atom. The topological polar surface area (TPSA) is 85.2 Å². The first-order valence-electron chi connectivity index (χ1n) is 5.36. The zero-order valence-corrected chi connectivity index (χ0v) is 9.84. The third kappa shape index (κ3) is 2.51. The van der Waals surface area contributed by atoms with E-state index in [1.54, 1.807) is 13.8 Å². The molecule has 0 spiro atoms. The van der Waals surface area contributed by atoms with E-state index < -0.39 is 5.60 Å². The highest BCUT2D eigenvalue weighted by Crippen LogP contribution is 2.23. The molecule has 0 fully saturated rings. The Balaban J connectivity index is 2.29. The van der Waals surface area contributed by atoms with Gasteiger partial charge in [0.2, 0.25) is 11.7 Å². The zero-order valence-electron chi connectivity index (χ0n) is 9.84. The fourth-order valence-electron chi connectivity index (χ4n) is 1.48. The number of aromatic nitrogens is 2. The van der Waals surface area contributed by atoms with Gasteiger partial charge in [0.25, 0.3) is 0 Å². The van der Waals surface area contributed by atoms with Crippen LogP contribution < -0.4 is 5.73 Å². The molecule has 2 rings (SSSR count). The van der Waals surface area contributed by atoms with Gasteiger partial charge < -0.3 is 15.4 Å². The molecule has 0 amide bonds. The minimum absolute atomic E-state index is 0.231. The number of nitrogens with two attached hydrogens (primary N) is 1. The van der Waals surface area contributed by atoms with Crippen LogP contribution in [0.5, 0.6) is 0 Å². The molecule has 0 aliphatic rings. The first-order chi connectivity index (χ1) is 8.00. The summed E-state index contributed by atoms with van der Waals surface area (Å²) in [6, 6.07) is 7.37. The Hall–Kier alpha value is -1.72. The van der Waals surface area contributed by atoms with Crippen molar-refractivity contribution in [3.05, 3.63) is 35.7 Å². The van der Waals surface area contributed by atoms with E-state index in [2.05, 4.69) is 10.1 Å². The van der Waals surface area contributed by atoms with Gasteiger partial charge in [0, 0.05) is 5.56 Å². The lowest BCUT2D eigenvalue weighted by atomic mass is 9.97. The number of hydrogen-bond acceptors (Lipinski definition) is 5. The first-order valence-corrected chi connectivity index (χ1v) is 5.36. The molecule has 0 saturated carbocycles. The molecule has 1 aromatic carbocycles. The van der Waals surface area contributed by atoms with E-state index in [1.807, 2.05) is 24.3 Å². The van der Waals surface area contributed by atoms with Crippen LogP contribution in [-0.4, -0.2) is 15.2 Å². The van der Waals surface area contributed by atoms with Gasteiger partial charge in [-0.15, -0.1) is 0 Å². The van der Waals surface area contributed by atoms with E-state index in [0.717, 1.165) is 11.1 Å². The summed E-state index contributed by atoms with van der Waals surface area (Å²) in [6.45, 7) is 3.71. The molecule has 0 aliphatic heterocycles. The maximum absolute atomic E-state index is 9.83.